The average molecular weight is 243 g/mol. The van der Waals surface area contributed by atoms with Gasteiger partial charge in [0.15, 0.2) is 6.29 Å². The molecule has 1 aliphatic heterocycles. The molecule has 90 valence electrons. The Morgan fingerprint density at radius 3 is 2.27 bits per heavy atom. The first-order valence-electron chi connectivity index (χ1n) is 4.15. The zero-order valence-electron chi connectivity index (χ0n) is 7.55. The Kier molecular flexibility index (Phi) is 4.55. The minimum absolute atomic E-state index is 0.245. The largest absolute Gasteiger partial charge is 0.388 e. The molecule has 0 radical (unpaired) electrons. The van der Waals surface area contributed by atoms with E-state index >= 15 is 0 Å². The minimum Gasteiger partial charge on any atom is -0.388 e. The summed E-state index contributed by atoms with van der Waals surface area (Å²) in [6, 6.07) is 0. The number of rotatable bonds is 3. The van der Waals surface area contributed by atoms with Gasteiger partial charge in [-0.1, -0.05) is 0 Å². The lowest BCUT2D eigenvalue weighted by Gasteiger charge is -2.38. The summed E-state index contributed by atoms with van der Waals surface area (Å²) in [5.74, 6) is 0. The second-order valence-corrected chi connectivity index (χ2v) is 3.92. The third-order valence-electron chi connectivity index (χ3n) is 2.10. The molecule has 1 aliphatic rings. The van der Waals surface area contributed by atoms with E-state index < -0.39 is 42.0 Å². The van der Waals surface area contributed by atoms with Gasteiger partial charge in [-0.25, -0.2) is 8.93 Å². The molecule has 1 heterocycles. The summed E-state index contributed by atoms with van der Waals surface area (Å²) in [4.78, 5) is 0. The highest BCUT2D eigenvalue weighted by Crippen LogP contribution is 2.19. The predicted octanol–water partition coefficient (Wildman–Crippen LogP) is -3.49. The Hall–Kier alpha value is -0.130. The molecule has 9 heteroatoms. The molecule has 1 saturated heterocycles. The van der Waals surface area contributed by atoms with Crippen LogP contribution >= 0.6 is 0 Å². The fourth-order valence-corrected chi connectivity index (χ4v) is 1.56. The van der Waals surface area contributed by atoms with E-state index in [1.807, 2.05) is 4.72 Å². The maximum atomic E-state index is 10.3. The zero-order chi connectivity index (χ0) is 11.6. The predicted molar refractivity (Wildman–Crippen MR) is 47.7 cm³/mol. The second kappa shape index (κ2) is 5.27. The van der Waals surface area contributed by atoms with Gasteiger partial charge in [0.2, 0.25) is 11.3 Å². The SMILES string of the molecule is O=S(O)NC[C@H]1OC(O)[C@@H](O)[C@@H](O)[C@@H]1O. The van der Waals surface area contributed by atoms with Crippen molar-refractivity contribution in [2.75, 3.05) is 6.54 Å². The molecule has 1 fully saturated rings. The third kappa shape index (κ3) is 3.16. The van der Waals surface area contributed by atoms with Crippen molar-refractivity contribution in [2.45, 2.75) is 30.7 Å². The van der Waals surface area contributed by atoms with Gasteiger partial charge in [0.1, 0.15) is 24.4 Å². The van der Waals surface area contributed by atoms with Gasteiger partial charge in [-0.3, -0.25) is 4.55 Å². The molecule has 8 nitrogen and oxygen atoms in total. The molecule has 0 aromatic carbocycles. The number of nitrogens with one attached hydrogen (secondary N) is 1. The summed E-state index contributed by atoms with van der Waals surface area (Å²) in [6.07, 6.45) is -7.32. The zero-order valence-corrected chi connectivity index (χ0v) is 8.37. The standard InChI is InChI=1S/C6H13NO7S/c8-3-2(1-7-15(12)13)14-6(11)5(10)4(3)9/h2-11H,1H2,(H,12,13)/t2-,3-,4+,5+,6?/m1/s1. The van der Waals surface area contributed by atoms with Gasteiger partial charge in [-0.05, 0) is 0 Å². The van der Waals surface area contributed by atoms with Crippen molar-refractivity contribution >= 4 is 11.3 Å². The van der Waals surface area contributed by atoms with Crippen molar-refractivity contribution < 1.29 is 33.9 Å². The molecule has 0 bridgehead atoms. The van der Waals surface area contributed by atoms with Gasteiger partial charge in [0.05, 0.1) is 0 Å². The Morgan fingerprint density at radius 2 is 1.73 bits per heavy atom. The fourth-order valence-electron chi connectivity index (χ4n) is 1.25. The lowest BCUT2D eigenvalue weighted by Crippen LogP contribution is -2.59. The first kappa shape index (κ1) is 12.9. The van der Waals surface area contributed by atoms with Crippen LogP contribution in [0.5, 0.6) is 0 Å². The summed E-state index contributed by atoms with van der Waals surface area (Å²) in [5, 5.41) is 36.8. The van der Waals surface area contributed by atoms with Crippen molar-refractivity contribution in [3.05, 3.63) is 0 Å². The summed E-state index contributed by atoms with van der Waals surface area (Å²) < 4.78 is 25.4. The van der Waals surface area contributed by atoms with Gasteiger partial charge in [0, 0.05) is 6.54 Å². The molecule has 0 aliphatic carbocycles. The fraction of sp³-hybridized carbons (Fsp3) is 1.00. The highest BCUT2D eigenvalue weighted by molar-refractivity contribution is 7.77. The van der Waals surface area contributed by atoms with Crippen LogP contribution in [0.15, 0.2) is 0 Å². The molecular weight excluding hydrogens is 230 g/mol. The van der Waals surface area contributed by atoms with Crippen LogP contribution < -0.4 is 4.72 Å². The molecule has 0 saturated carbocycles. The van der Waals surface area contributed by atoms with Gasteiger partial charge < -0.3 is 25.2 Å². The first-order chi connectivity index (χ1) is 6.93. The number of hydrogen-bond donors (Lipinski definition) is 6. The molecular formula is C6H13NO7S. The van der Waals surface area contributed by atoms with E-state index in [-0.39, 0.29) is 6.54 Å². The lowest BCUT2D eigenvalue weighted by atomic mass is 9.99. The van der Waals surface area contributed by atoms with Gasteiger partial charge in [-0.15, -0.1) is 0 Å². The molecule has 6 N–H and O–H groups in total. The quantitative estimate of drug-likeness (QED) is 0.283. The van der Waals surface area contributed by atoms with E-state index in [9.17, 15) is 14.4 Å². The van der Waals surface area contributed by atoms with E-state index in [0.29, 0.717) is 0 Å². The molecule has 0 amide bonds. The number of ether oxygens (including phenoxy) is 1. The van der Waals surface area contributed by atoms with Crippen LogP contribution in [0, 0.1) is 0 Å². The summed E-state index contributed by atoms with van der Waals surface area (Å²) in [5.41, 5.74) is 0. The summed E-state index contributed by atoms with van der Waals surface area (Å²) >= 11 is -2.28. The topological polar surface area (TPSA) is 139 Å². The van der Waals surface area contributed by atoms with E-state index in [2.05, 4.69) is 0 Å². The van der Waals surface area contributed by atoms with E-state index in [1.165, 1.54) is 0 Å². The summed E-state index contributed by atoms with van der Waals surface area (Å²) in [6.45, 7) is -0.245. The average Bonchev–Trinajstić information content (AvgIpc) is 2.18. The van der Waals surface area contributed by atoms with Gasteiger partial charge in [-0.2, -0.15) is 0 Å². The van der Waals surface area contributed by atoms with E-state index in [0.717, 1.165) is 0 Å². The number of aliphatic hydroxyl groups excluding tert-OH is 4. The molecule has 2 unspecified atom stereocenters. The number of hydrogen-bond acceptors (Lipinski definition) is 6. The van der Waals surface area contributed by atoms with Crippen molar-refractivity contribution in [3.63, 3.8) is 0 Å². The van der Waals surface area contributed by atoms with E-state index in [1.54, 1.807) is 0 Å². The normalized spacial score (nSPS) is 43.9. The van der Waals surface area contributed by atoms with Crippen LogP contribution in [0.3, 0.4) is 0 Å². The molecule has 1 rings (SSSR count). The Labute approximate surface area is 87.9 Å². The number of aliphatic hydroxyl groups is 4. The maximum absolute atomic E-state index is 10.3. The Morgan fingerprint density at radius 1 is 1.13 bits per heavy atom. The molecule has 0 aromatic rings. The van der Waals surface area contributed by atoms with Crippen LogP contribution in [-0.4, -0.2) is 66.4 Å². The third-order valence-corrected chi connectivity index (χ3v) is 2.51. The van der Waals surface area contributed by atoms with Crippen LogP contribution in [0.1, 0.15) is 0 Å². The van der Waals surface area contributed by atoms with Crippen LogP contribution in [0.4, 0.5) is 0 Å². The molecule has 15 heavy (non-hydrogen) atoms. The second-order valence-electron chi connectivity index (χ2n) is 3.13. The smallest absolute Gasteiger partial charge is 0.231 e. The maximum Gasteiger partial charge on any atom is 0.231 e. The van der Waals surface area contributed by atoms with Crippen LogP contribution in [-0.2, 0) is 16.0 Å². The van der Waals surface area contributed by atoms with Crippen LogP contribution in [0.2, 0.25) is 0 Å². The molecule has 0 spiro atoms. The highest BCUT2D eigenvalue weighted by Gasteiger charge is 2.42. The lowest BCUT2D eigenvalue weighted by molar-refractivity contribution is -0.279. The Bertz CT molecular complexity index is 240. The minimum atomic E-state index is -2.28. The van der Waals surface area contributed by atoms with Gasteiger partial charge >= 0.3 is 0 Å². The van der Waals surface area contributed by atoms with Gasteiger partial charge in [0.25, 0.3) is 0 Å². The Balaban J connectivity index is 2.54. The molecule has 6 atom stereocenters. The summed E-state index contributed by atoms with van der Waals surface area (Å²) in [7, 11) is 0. The van der Waals surface area contributed by atoms with Crippen molar-refractivity contribution in [1.29, 1.82) is 0 Å². The highest BCUT2D eigenvalue weighted by atomic mass is 32.2. The van der Waals surface area contributed by atoms with Crippen molar-refractivity contribution in [3.8, 4) is 0 Å². The van der Waals surface area contributed by atoms with Crippen molar-refractivity contribution in [1.82, 2.24) is 4.72 Å². The monoisotopic (exact) mass is 243 g/mol. The van der Waals surface area contributed by atoms with Crippen molar-refractivity contribution in [2.24, 2.45) is 0 Å². The first-order valence-corrected chi connectivity index (χ1v) is 5.26. The van der Waals surface area contributed by atoms with E-state index in [4.69, 9.17) is 19.5 Å². The molecule has 0 aromatic heterocycles. The van der Waals surface area contributed by atoms with Crippen LogP contribution in [0.25, 0.3) is 0 Å².